The first-order valence-electron chi connectivity index (χ1n) is 7.98. The van der Waals surface area contributed by atoms with E-state index >= 15 is 0 Å². The molecule has 0 unspecified atom stereocenters. The molecule has 8 nitrogen and oxygen atoms in total. The van der Waals surface area contributed by atoms with E-state index in [1.165, 1.54) is 6.33 Å². The number of amides is 1. The Morgan fingerprint density at radius 1 is 1.46 bits per heavy atom. The number of carbonyl (C=O) groups excluding carboxylic acids is 1. The highest BCUT2D eigenvalue weighted by atomic mass is 16.5. The molecular weight excluding hydrogens is 308 g/mol. The molecule has 0 saturated carbocycles. The molecule has 0 radical (unpaired) electrons. The van der Waals surface area contributed by atoms with Crippen LogP contribution in [-0.4, -0.2) is 63.8 Å². The van der Waals surface area contributed by atoms with Crippen LogP contribution in [0.2, 0.25) is 0 Å². The lowest BCUT2D eigenvalue weighted by Gasteiger charge is -2.22. The van der Waals surface area contributed by atoms with E-state index in [1.54, 1.807) is 17.2 Å². The SMILES string of the molecule is C[C@@H](C(=O)N1CC[C@H](Oc2cccnc2N(C)C)C1)n1cncn1. The Kier molecular flexibility index (Phi) is 4.64. The lowest BCUT2D eigenvalue weighted by molar-refractivity contribution is -0.133. The number of hydrogen-bond donors (Lipinski definition) is 0. The van der Waals surface area contributed by atoms with Crippen LogP contribution in [0.1, 0.15) is 19.4 Å². The molecule has 0 aliphatic carbocycles. The molecule has 1 aliphatic heterocycles. The normalized spacial score (nSPS) is 18.5. The largest absolute Gasteiger partial charge is 0.485 e. The molecule has 0 bridgehead atoms. The molecule has 0 aromatic carbocycles. The summed E-state index contributed by atoms with van der Waals surface area (Å²) in [6, 6.07) is 3.40. The van der Waals surface area contributed by atoms with Crippen LogP contribution in [0.3, 0.4) is 0 Å². The van der Waals surface area contributed by atoms with Gasteiger partial charge in [0.25, 0.3) is 0 Å². The molecule has 2 aromatic rings. The molecular formula is C16H22N6O2. The molecule has 2 atom stereocenters. The van der Waals surface area contributed by atoms with Gasteiger partial charge in [-0.1, -0.05) is 0 Å². The van der Waals surface area contributed by atoms with E-state index in [4.69, 9.17) is 4.74 Å². The Morgan fingerprint density at radius 3 is 3.00 bits per heavy atom. The smallest absolute Gasteiger partial charge is 0.247 e. The van der Waals surface area contributed by atoms with E-state index in [1.807, 2.05) is 43.0 Å². The summed E-state index contributed by atoms with van der Waals surface area (Å²) in [5.74, 6) is 1.56. The molecule has 128 valence electrons. The first-order chi connectivity index (χ1) is 11.6. The quantitative estimate of drug-likeness (QED) is 0.813. The second-order valence-electron chi connectivity index (χ2n) is 6.08. The van der Waals surface area contributed by atoms with Gasteiger partial charge in [-0.2, -0.15) is 5.10 Å². The fourth-order valence-corrected chi connectivity index (χ4v) is 2.81. The summed E-state index contributed by atoms with van der Waals surface area (Å²) in [7, 11) is 3.86. The zero-order valence-electron chi connectivity index (χ0n) is 14.2. The topological polar surface area (TPSA) is 76.4 Å². The molecule has 3 rings (SSSR count). The maximum Gasteiger partial charge on any atom is 0.247 e. The minimum Gasteiger partial charge on any atom is -0.485 e. The molecule has 8 heteroatoms. The first kappa shape index (κ1) is 16.2. The molecule has 1 aliphatic rings. The predicted octanol–water partition coefficient (Wildman–Crippen LogP) is 0.980. The van der Waals surface area contributed by atoms with Crippen molar-refractivity contribution in [1.29, 1.82) is 0 Å². The van der Waals surface area contributed by atoms with E-state index < -0.39 is 0 Å². The summed E-state index contributed by atoms with van der Waals surface area (Å²) < 4.78 is 7.66. The number of pyridine rings is 1. The van der Waals surface area contributed by atoms with Gasteiger partial charge in [-0.3, -0.25) is 4.79 Å². The van der Waals surface area contributed by atoms with Crippen LogP contribution in [0.5, 0.6) is 5.75 Å². The fraction of sp³-hybridized carbons (Fsp3) is 0.500. The summed E-state index contributed by atoms with van der Waals surface area (Å²) in [4.78, 5) is 24.5. The van der Waals surface area contributed by atoms with Gasteiger partial charge >= 0.3 is 0 Å². The molecule has 1 amide bonds. The van der Waals surface area contributed by atoms with Crippen molar-refractivity contribution in [2.45, 2.75) is 25.5 Å². The van der Waals surface area contributed by atoms with Gasteiger partial charge in [0.15, 0.2) is 11.6 Å². The van der Waals surface area contributed by atoms with Crippen molar-refractivity contribution in [3.63, 3.8) is 0 Å². The van der Waals surface area contributed by atoms with E-state index in [9.17, 15) is 4.79 Å². The number of hydrogen-bond acceptors (Lipinski definition) is 6. The molecule has 1 fully saturated rings. The molecule has 24 heavy (non-hydrogen) atoms. The van der Waals surface area contributed by atoms with Crippen molar-refractivity contribution in [3.05, 3.63) is 31.0 Å². The average Bonchev–Trinajstić information content (AvgIpc) is 3.25. The van der Waals surface area contributed by atoms with Crippen molar-refractivity contribution < 1.29 is 9.53 Å². The summed E-state index contributed by atoms with van der Waals surface area (Å²) in [6.07, 6.45) is 5.51. The van der Waals surface area contributed by atoms with Gasteiger partial charge in [0.1, 0.15) is 24.8 Å². The number of carbonyl (C=O) groups is 1. The van der Waals surface area contributed by atoms with Gasteiger partial charge in [-0.25, -0.2) is 14.6 Å². The summed E-state index contributed by atoms with van der Waals surface area (Å²) in [5, 5.41) is 4.04. The Hall–Kier alpha value is -2.64. The third kappa shape index (κ3) is 3.32. The minimum absolute atomic E-state index is 0.0280. The summed E-state index contributed by atoms with van der Waals surface area (Å²) >= 11 is 0. The fourth-order valence-electron chi connectivity index (χ4n) is 2.81. The zero-order valence-corrected chi connectivity index (χ0v) is 14.2. The van der Waals surface area contributed by atoms with Gasteiger partial charge in [0.2, 0.25) is 5.91 Å². The van der Waals surface area contributed by atoms with E-state index in [0.717, 1.165) is 18.0 Å². The van der Waals surface area contributed by atoms with Crippen molar-refractivity contribution in [1.82, 2.24) is 24.6 Å². The van der Waals surface area contributed by atoms with E-state index in [-0.39, 0.29) is 18.1 Å². The molecule has 0 N–H and O–H groups in total. The van der Waals surface area contributed by atoms with Gasteiger partial charge in [-0.15, -0.1) is 0 Å². The van der Waals surface area contributed by atoms with Crippen molar-refractivity contribution in [2.75, 3.05) is 32.1 Å². The monoisotopic (exact) mass is 330 g/mol. The highest BCUT2D eigenvalue weighted by Gasteiger charge is 2.31. The zero-order chi connectivity index (χ0) is 17.1. The predicted molar refractivity (Wildman–Crippen MR) is 88.9 cm³/mol. The third-order valence-corrected chi connectivity index (χ3v) is 4.12. The minimum atomic E-state index is -0.359. The van der Waals surface area contributed by atoms with Gasteiger partial charge in [-0.05, 0) is 19.1 Å². The average molecular weight is 330 g/mol. The number of likely N-dealkylation sites (tertiary alicyclic amines) is 1. The Labute approximate surface area is 141 Å². The number of ether oxygens (including phenoxy) is 1. The number of aromatic nitrogens is 4. The van der Waals surface area contributed by atoms with Crippen molar-refractivity contribution >= 4 is 11.7 Å². The van der Waals surface area contributed by atoms with Crippen molar-refractivity contribution in [3.8, 4) is 5.75 Å². The van der Waals surface area contributed by atoms with Crippen LogP contribution in [0.25, 0.3) is 0 Å². The maximum atomic E-state index is 12.6. The Balaban J connectivity index is 1.63. The molecule has 2 aromatic heterocycles. The van der Waals surface area contributed by atoms with Gasteiger partial charge < -0.3 is 14.5 Å². The van der Waals surface area contributed by atoms with Gasteiger partial charge in [0, 0.05) is 33.3 Å². The maximum absolute atomic E-state index is 12.6. The lowest BCUT2D eigenvalue weighted by atomic mass is 10.3. The standard InChI is InChI=1S/C16H22N6O2/c1-12(22-11-17-10-19-22)16(23)21-8-6-13(9-21)24-14-5-4-7-18-15(14)20(2)3/h4-5,7,10-13H,6,8-9H2,1-3H3/t12-,13-/m0/s1. The molecule has 0 spiro atoms. The Morgan fingerprint density at radius 2 is 2.29 bits per heavy atom. The van der Waals surface area contributed by atoms with Crippen LogP contribution in [0.15, 0.2) is 31.0 Å². The van der Waals surface area contributed by atoms with E-state index in [0.29, 0.717) is 13.1 Å². The number of anilines is 1. The van der Waals surface area contributed by atoms with Crippen molar-refractivity contribution in [2.24, 2.45) is 0 Å². The van der Waals surface area contributed by atoms with Crippen LogP contribution < -0.4 is 9.64 Å². The highest BCUT2D eigenvalue weighted by Crippen LogP contribution is 2.27. The van der Waals surface area contributed by atoms with Crippen LogP contribution in [0, 0.1) is 0 Å². The van der Waals surface area contributed by atoms with Crippen LogP contribution in [0.4, 0.5) is 5.82 Å². The Bertz CT molecular complexity index is 688. The summed E-state index contributed by atoms with van der Waals surface area (Å²) in [6.45, 7) is 3.08. The molecule has 3 heterocycles. The first-order valence-corrected chi connectivity index (χ1v) is 7.98. The van der Waals surface area contributed by atoms with Crippen LogP contribution >= 0.6 is 0 Å². The molecule has 1 saturated heterocycles. The lowest BCUT2D eigenvalue weighted by Crippen LogP contribution is -2.36. The number of nitrogens with zero attached hydrogens (tertiary/aromatic N) is 6. The van der Waals surface area contributed by atoms with E-state index in [2.05, 4.69) is 15.1 Å². The second kappa shape index (κ2) is 6.86. The highest BCUT2D eigenvalue weighted by molar-refractivity contribution is 5.80. The van der Waals surface area contributed by atoms with Crippen LogP contribution in [-0.2, 0) is 4.79 Å². The second-order valence-corrected chi connectivity index (χ2v) is 6.08. The summed E-state index contributed by atoms with van der Waals surface area (Å²) in [5.41, 5.74) is 0. The van der Waals surface area contributed by atoms with Gasteiger partial charge in [0.05, 0.1) is 6.54 Å². The number of rotatable bonds is 5. The third-order valence-electron chi connectivity index (χ3n) is 4.12.